The number of alkyl halides is 3. The Kier molecular flexibility index (Phi) is 10.9. The molecule has 0 saturated heterocycles. The van der Waals surface area contributed by atoms with Gasteiger partial charge in [0.15, 0.2) is 11.5 Å². The third kappa shape index (κ3) is 8.50. The quantitative estimate of drug-likeness (QED) is 0.152. The molecule has 0 aliphatic heterocycles. The van der Waals surface area contributed by atoms with Crippen molar-refractivity contribution in [3.63, 3.8) is 0 Å². The highest BCUT2D eigenvalue weighted by Gasteiger charge is 2.40. The van der Waals surface area contributed by atoms with Gasteiger partial charge in [-0.3, -0.25) is 14.1 Å². The number of pyridine rings is 2. The van der Waals surface area contributed by atoms with Gasteiger partial charge in [0, 0.05) is 30.9 Å². The summed E-state index contributed by atoms with van der Waals surface area (Å²) in [5, 5.41) is 1.75. The number of hydrogen-bond donors (Lipinski definition) is 3. The topological polar surface area (TPSA) is 176 Å². The van der Waals surface area contributed by atoms with Crippen LogP contribution in [0.4, 0.5) is 13.2 Å². The molecule has 0 aliphatic rings. The molecule has 1 amide bonds. The maximum atomic E-state index is 13.1. The van der Waals surface area contributed by atoms with Crippen LogP contribution in [0.15, 0.2) is 29.2 Å². The van der Waals surface area contributed by atoms with Gasteiger partial charge in [-0.05, 0) is 6.92 Å². The molecule has 0 radical (unpaired) electrons. The molecule has 13 nitrogen and oxygen atoms in total. The second-order valence-corrected chi connectivity index (χ2v) is 10.8. The summed E-state index contributed by atoms with van der Waals surface area (Å²) in [5.41, 5.74) is -0.266. The lowest BCUT2D eigenvalue weighted by molar-refractivity contribution is -0.200. The molecule has 234 valence electrons. The summed E-state index contributed by atoms with van der Waals surface area (Å²) in [5.74, 6) is -3.68. The average Bonchev–Trinajstić information content (AvgIpc) is 2.89. The minimum absolute atomic E-state index is 0.000553. The van der Waals surface area contributed by atoms with Gasteiger partial charge >= 0.3 is 20.0 Å². The van der Waals surface area contributed by atoms with E-state index >= 15 is 0 Å². The molecule has 1 atom stereocenters. The molecule has 0 saturated carbocycles. The number of phosphoric ester groups is 1. The number of carbonyl (C=O) groups is 2. The molecule has 1 unspecified atom stereocenters. The largest absolute Gasteiger partial charge is 0.490 e. The Morgan fingerprint density at radius 1 is 1.09 bits per heavy atom. The first kappa shape index (κ1) is 34.4. The number of halogens is 6. The SMILES string of the molecule is CNC(=O)C(COc1ncc(Cl)c2c1c(=O)cc(C)n2-c1c(Cl)cc(OCCOC(=O)C(F)(F)F)cc1Cl)OP(=O)(O)O. The molecule has 0 fully saturated rings. The molecule has 3 N–H and O–H groups in total. The lowest BCUT2D eigenvalue weighted by atomic mass is 10.2. The summed E-state index contributed by atoms with van der Waals surface area (Å²) in [6.07, 6.45) is -5.84. The van der Waals surface area contributed by atoms with Gasteiger partial charge in [0.25, 0.3) is 5.91 Å². The van der Waals surface area contributed by atoms with Crippen molar-refractivity contribution in [2.24, 2.45) is 0 Å². The van der Waals surface area contributed by atoms with E-state index < -0.39 is 57.2 Å². The molecule has 3 aromatic rings. The van der Waals surface area contributed by atoms with Crippen molar-refractivity contribution in [3.8, 4) is 17.3 Å². The highest BCUT2D eigenvalue weighted by atomic mass is 35.5. The number of aryl methyl sites for hydroxylation is 1. The maximum Gasteiger partial charge on any atom is 0.490 e. The zero-order valence-electron chi connectivity index (χ0n) is 21.8. The minimum atomic E-state index is -5.16. The third-order valence-corrected chi connectivity index (χ3v) is 6.72. The Morgan fingerprint density at radius 3 is 2.28 bits per heavy atom. The van der Waals surface area contributed by atoms with Crippen LogP contribution in [0.5, 0.6) is 11.6 Å². The molecule has 2 aromatic heterocycles. The van der Waals surface area contributed by atoms with Crippen LogP contribution in [0, 0.1) is 6.92 Å². The van der Waals surface area contributed by atoms with E-state index in [0.29, 0.717) is 0 Å². The van der Waals surface area contributed by atoms with Gasteiger partial charge in [-0.15, -0.1) is 0 Å². The number of fused-ring (bicyclic) bond motifs is 1. The Morgan fingerprint density at radius 2 is 1.72 bits per heavy atom. The molecule has 0 aliphatic carbocycles. The van der Waals surface area contributed by atoms with Gasteiger partial charge < -0.3 is 33.9 Å². The van der Waals surface area contributed by atoms with Crippen molar-refractivity contribution in [2.45, 2.75) is 19.2 Å². The van der Waals surface area contributed by atoms with Crippen molar-refractivity contribution in [2.75, 3.05) is 26.9 Å². The number of nitrogens with one attached hydrogen (secondary N) is 1. The first-order valence-corrected chi connectivity index (χ1v) is 14.3. The number of amides is 1. The van der Waals surface area contributed by atoms with E-state index in [4.69, 9.17) is 54.1 Å². The number of ether oxygens (including phenoxy) is 3. The van der Waals surface area contributed by atoms with Crippen LogP contribution in [0.1, 0.15) is 5.69 Å². The van der Waals surface area contributed by atoms with Crippen LogP contribution in [0.3, 0.4) is 0 Å². The first-order chi connectivity index (χ1) is 19.9. The Labute approximate surface area is 254 Å². The lowest BCUT2D eigenvalue weighted by Gasteiger charge is -2.21. The number of aromatic nitrogens is 2. The fraction of sp³-hybridized carbons (Fsp3) is 0.304. The summed E-state index contributed by atoms with van der Waals surface area (Å²) in [6.45, 7) is -0.424. The highest BCUT2D eigenvalue weighted by molar-refractivity contribution is 7.46. The summed E-state index contributed by atoms with van der Waals surface area (Å²) >= 11 is 19.4. The number of carbonyl (C=O) groups excluding carboxylic acids is 2. The summed E-state index contributed by atoms with van der Waals surface area (Å²) in [7, 11) is -3.92. The number of rotatable bonds is 11. The third-order valence-electron chi connectivity index (χ3n) is 5.34. The van der Waals surface area contributed by atoms with Crippen molar-refractivity contribution in [1.82, 2.24) is 14.9 Å². The lowest BCUT2D eigenvalue weighted by Crippen LogP contribution is -2.38. The predicted molar refractivity (Wildman–Crippen MR) is 146 cm³/mol. The van der Waals surface area contributed by atoms with Crippen LogP contribution in [-0.4, -0.2) is 70.4 Å². The number of nitrogens with zero attached hydrogens (tertiary/aromatic N) is 2. The smallest absolute Gasteiger partial charge is 0.490 e. The van der Waals surface area contributed by atoms with E-state index in [2.05, 4.69) is 19.6 Å². The van der Waals surface area contributed by atoms with E-state index in [1.54, 1.807) is 0 Å². The Hall–Kier alpha value is -3.11. The zero-order valence-corrected chi connectivity index (χ0v) is 24.9. The second kappa shape index (κ2) is 13.7. The molecular formula is C23H20Cl3F3N3O10P. The first-order valence-electron chi connectivity index (χ1n) is 11.6. The molecule has 2 heterocycles. The number of benzene rings is 1. The minimum Gasteiger partial charge on any atom is -0.490 e. The normalized spacial score (nSPS) is 12.6. The number of likely N-dealkylation sites (N-methyl/N-ethyl adjacent to an activating group) is 1. The number of phosphoric acid groups is 1. The molecule has 43 heavy (non-hydrogen) atoms. The second-order valence-electron chi connectivity index (χ2n) is 8.35. The molecule has 20 heteroatoms. The predicted octanol–water partition coefficient (Wildman–Crippen LogP) is 3.74. The van der Waals surface area contributed by atoms with Crippen LogP contribution in [0.25, 0.3) is 16.6 Å². The van der Waals surface area contributed by atoms with E-state index in [-0.39, 0.29) is 49.0 Å². The van der Waals surface area contributed by atoms with Crippen molar-refractivity contribution in [3.05, 3.63) is 55.4 Å². The standard InChI is InChI=1S/C23H20Cl3F3N3O10P/c1-10-5-15(33)17-19(14(26)8-31-21(17)41-9-16(20(34)30-2)42-43(36,37)38)32(10)18-12(24)6-11(7-13(18)25)39-3-4-40-22(35)23(27,28)29/h5-8,16H,3-4,9H2,1-2H3,(H,30,34)(H2,36,37,38). The molecular weight excluding hydrogens is 673 g/mol. The molecule has 0 bridgehead atoms. The van der Waals surface area contributed by atoms with Gasteiger partial charge in [0.05, 0.1) is 32.5 Å². The van der Waals surface area contributed by atoms with E-state index in [9.17, 15) is 32.1 Å². The van der Waals surface area contributed by atoms with Gasteiger partial charge in [-0.2, -0.15) is 13.2 Å². The Bertz CT molecular complexity index is 1640. The monoisotopic (exact) mass is 691 g/mol. The van der Waals surface area contributed by atoms with Gasteiger partial charge in [-0.25, -0.2) is 14.3 Å². The van der Waals surface area contributed by atoms with Gasteiger partial charge in [0.2, 0.25) is 5.88 Å². The average molecular weight is 693 g/mol. The van der Waals surface area contributed by atoms with Crippen molar-refractivity contribution in [1.29, 1.82) is 0 Å². The fourth-order valence-electron chi connectivity index (χ4n) is 3.65. The van der Waals surface area contributed by atoms with Crippen molar-refractivity contribution < 1.29 is 55.8 Å². The van der Waals surface area contributed by atoms with E-state index in [0.717, 1.165) is 6.20 Å². The van der Waals surface area contributed by atoms with E-state index in [1.165, 1.54) is 36.7 Å². The maximum absolute atomic E-state index is 13.1. The molecule has 0 spiro atoms. The zero-order chi connectivity index (χ0) is 32.3. The van der Waals surface area contributed by atoms with Gasteiger partial charge in [0.1, 0.15) is 31.0 Å². The molecule has 1 aromatic carbocycles. The Balaban J connectivity index is 2.00. The van der Waals surface area contributed by atoms with Crippen LogP contribution in [-0.2, 0) is 23.4 Å². The van der Waals surface area contributed by atoms with Gasteiger partial charge in [-0.1, -0.05) is 34.8 Å². The van der Waals surface area contributed by atoms with Crippen molar-refractivity contribution >= 4 is 65.4 Å². The van der Waals surface area contributed by atoms with Crippen LogP contribution in [0.2, 0.25) is 15.1 Å². The summed E-state index contributed by atoms with van der Waals surface area (Å²) in [4.78, 5) is 58.2. The molecule has 3 rings (SSSR count). The van der Waals surface area contributed by atoms with Crippen LogP contribution >= 0.6 is 42.6 Å². The summed E-state index contributed by atoms with van der Waals surface area (Å²) < 4.78 is 68.8. The number of hydrogen-bond acceptors (Lipinski definition) is 9. The fourth-order valence-corrected chi connectivity index (χ4v) is 5.01. The van der Waals surface area contributed by atoms with Crippen LogP contribution < -0.4 is 20.2 Å². The van der Waals surface area contributed by atoms with E-state index in [1.807, 2.05) is 0 Å². The number of esters is 1. The summed E-state index contributed by atoms with van der Waals surface area (Å²) in [6, 6.07) is 3.69. The highest BCUT2D eigenvalue weighted by Crippen LogP contribution is 2.39.